The fourth-order valence-corrected chi connectivity index (χ4v) is 3.73. The van der Waals surface area contributed by atoms with E-state index in [2.05, 4.69) is 20.7 Å². The predicted molar refractivity (Wildman–Crippen MR) is 102 cm³/mol. The van der Waals surface area contributed by atoms with Crippen molar-refractivity contribution in [2.75, 3.05) is 18.0 Å². The van der Waals surface area contributed by atoms with E-state index in [4.69, 9.17) is 27.9 Å². The average Bonchev–Trinajstić information content (AvgIpc) is 2.57. The van der Waals surface area contributed by atoms with Gasteiger partial charge in [0.1, 0.15) is 18.0 Å². The van der Waals surface area contributed by atoms with Crippen LogP contribution in [0.5, 0.6) is 17.2 Å². The van der Waals surface area contributed by atoms with Crippen LogP contribution in [0.1, 0.15) is 0 Å². The lowest BCUT2D eigenvalue weighted by Crippen LogP contribution is -2.32. The number of halogens is 3. The molecule has 1 atom stereocenters. The Morgan fingerprint density at radius 2 is 1.88 bits per heavy atom. The van der Waals surface area contributed by atoms with Gasteiger partial charge in [-0.05, 0) is 24.3 Å². The summed E-state index contributed by atoms with van der Waals surface area (Å²) < 4.78 is 32.5. The molecule has 0 spiro atoms. The van der Waals surface area contributed by atoms with Crippen LogP contribution in [0.25, 0.3) is 0 Å². The van der Waals surface area contributed by atoms with Crippen LogP contribution >= 0.6 is 39.1 Å². The van der Waals surface area contributed by atoms with Crippen LogP contribution in [0.3, 0.4) is 0 Å². The Morgan fingerprint density at radius 1 is 1.27 bits per heavy atom. The van der Waals surface area contributed by atoms with Gasteiger partial charge in [0, 0.05) is 10.5 Å². The van der Waals surface area contributed by atoms with E-state index in [1.807, 2.05) is 0 Å². The van der Waals surface area contributed by atoms with Gasteiger partial charge in [0.15, 0.2) is 5.75 Å². The largest absolute Gasteiger partial charge is 0.506 e. The lowest BCUT2D eigenvalue weighted by molar-refractivity contribution is -0.138. The first-order valence-electron chi connectivity index (χ1n) is 6.83. The molecule has 0 bridgehead atoms. The number of esters is 1. The standard InChI is InChI=1S/C15H12BrCl2NO6S/c1-24-14(21)7-19(26(22)23)12-6-9(2-3-13(12)20)25-15-10(17)4-8(16)5-11(15)18/h2-6,20H,7H2,1H3,(H,22,23). The van der Waals surface area contributed by atoms with Crippen molar-refractivity contribution >= 4 is 62.1 Å². The molecule has 0 aliphatic heterocycles. The number of nitrogens with zero attached hydrogens (tertiary/aromatic N) is 1. The lowest BCUT2D eigenvalue weighted by atomic mass is 10.2. The van der Waals surface area contributed by atoms with Gasteiger partial charge in [-0.1, -0.05) is 39.1 Å². The quantitative estimate of drug-likeness (QED) is 0.466. The van der Waals surface area contributed by atoms with E-state index in [0.29, 0.717) is 4.47 Å². The number of anilines is 1. The molecule has 1 unspecified atom stereocenters. The summed E-state index contributed by atoms with van der Waals surface area (Å²) >= 11 is 12.9. The van der Waals surface area contributed by atoms with Crippen molar-refractivity contribution < 1.29 is 28.1 Å². The zero-order chi connectivity index (χ0) is 19.4. The van der Waals surface area contributed by atoms with Crippen molar-refractivity contribution in [1.82, 2.24) is 0 Å². The lowest BCUT2D eigenvalue weighted by Gasteiger charge is -2.20. The number of rotatable bonds is 6. The van der Waals surface area contributed by atoms with Crippen LogP contribution in [0.4, 0.5) is 5.69 Å². The second-order valence-electron chi connectivity index (χ2n) is 4.79. The normalized spacial score (nSPS) is 11.7. The Balaban J connectivity index is 2.40. The van der Waals surface area contributed by atoms with Crippen molar-refractivity contribution in [1.29, 1.82) is 0 Å². The number of hydrogen-bond acceptors (Lipinski definition) is 5. The Labute approximate surface area is 170 Å². The summed E-state index contributed by atoms with van der Waals surface area (Å²) in [7, 11) is 1.14. The van der Waals surface area contributed by atoms with Crippen LogP contribution in [0, 0.1) is 0 Å². The molecule has 0 aliphatic carbocycles. The van der Waals surface area contributed by atoms with Gasteiger partial charge in [0.2, 0.25) is 0 Å². The molecule has 0 aliphatic rings. The maximum Gasteiger partial charge on any atom is 0.326 e. The summed E-state index contributed by atoms with van der Waals surface area (Å²) in [5.41, 5.74) is -0.113. The zero-order valence-corrected chi connectivity index (χ0v) is 17.0. The molecule has 2 rings (SSSR count). The first-order valence-corrected chi connectivity index (χ1v) is 9.45. The number of phenols is 1. The highest BCUT2D eigenvalue weighted by molar-refractivity contribution is 9.10. The molecule has 11 heteroatoms. The number of carbonyl (C=O) groups excluding carboxylic acids is 1. The fourth-order valence-electron chi connectivity index (χ4n) is 1.92. The summed E-state index contributed by atoms with van der Waals surface area (Å²) in [6.07, 6.45) is 0. The molecule has 0 saturated heterocycles. The molecular weight excluding hydrogens is 473 g/mol. The number of phenolic OH excluding ortho intramolecular Hbond substituents is 1. The molecule has 2 N–H and O–H groups in total. The van der Waals surface area contributed by atoms with E-state index in [1.54, 1.807) is 12.1 Å². The molecule has 0 saturated carbocycles. The maximum atomic E-state index is 11.5. The molecule has 0 fully saturated rings. The third-order valence-corrected chi connectivity index (χ3v) is 4.81. The van der Waals surface area contributed by atoms with Crippen molar-refractivity contribution in [3.63, 3.8) is 0 Å². The molecule has 0 amide bonds. The van der Waals surface area contributed by atoms with Gasteiger partial charge in [0.05, 0.1) is 22.8 Å². The van der Waals surface area contributed by atoms with Gasteiger partial charge in [-0.25, -0.2) is 4.21 Å². The van der Waals surface area contributed by atoms with Gasteiger partial charge < -0.3 is 14.6 Å². The highest BCUT2D eigenvalue weighted by Crippen LogP contribution is 2.40. The number of benzene rings is 2. The van der Waals surface area contributed by atoms with Gasteiger partial charge in [-0.2, -0.15) is 0 Å². The number of carbonyl (C=O) groups is 1. The molecule has 0 aromatic heterocycles. The third-order valence-electron chi connectivity index (χ3n) is 3.09. The van der Waals surface area contributed by atoms with Crippen LogP contribution in [0.15, 0.2) is 34.8 Å². The number of methoxy groups -OCH3 is 1. The van der Waals surface area contributed by atoms with E-state index in [0.717, 1.165) is 11.4 Å². The van der Waals surface area contributed by atoms with Gasteiger partial charge in [-0.15, -0.1) is 0 Å². The predicted octanol–water partition coefficient (Wildman–Crippen LogP) is 4.37. The van der Waals surface area contributed by atoms with E-state index in [-0.39, 0.29) is 33.0 Å². The molecule has 0 radical (unpaired) electrons. The molecule has 2 aromatic rings. The number of hydrogen-bond donors (Lipinski definition) is 2. The van der Waals surface area contributed by atoms with Crippen LogP contribution in [-0.4, -0.2) is 33.5 Å². The Hall–Kier alpha value is -1.52. The van der Waals surface area contributed by atoms with Gasteiger partial charge in [-0.3, -0.25) is 13.7 Å². The molecule has 26 heavy (non-hydrogen) atoms. The average molecular weight is 485 g/mol. The maximum absolute atomic E-state index is 11.5. The van der Waals surface area contributed by atoms with Gasteiger partial charge >= 0.3 is 5.97 Å². The summed E-state index contributed by atoms with van der Waals surface area (Å²) in [6, 6.07) is 7.07. The topological polar surface area (TPSA) is 96.3 Å². The minimum atomic E-state index is -2.59. The summed E-state index contributed by atoms with van der Waals surface area (Å²) in [4.78, 5) is 11.4. The van der Waals surface area contributed by atoms with E-state index in [9.17, 15) is 18.7 Å². The van der Waals surface area contributed by atoms with Crippen LogP contribution in [-0.2, 0) is 20.8 Å². The SMILES string of the molecule is COC(=O)CN(c1cc(Oc2c(Cl)cc(Br)cc2Cl)ccc1O)S(=O)O. The molecule has 140 valence electrons. The van der Waals surface area contributed by atoms with Crippen LogP contribution in [0.2, 0.25) is 10.0 Å². The minimum Gasteiger partial charge on any atom is -0.506 e. The Kier molecular flexibility index (Phi) is 7.13. The molecule has 2 aromatic carbocycles. The second-order valence-corrected chi connectivity index (χ2v) is 7.43. The van der Waals surface area contributed by atoms with Crippen molar-refractivity contribution in [2.24, 2.45) is 0 Å². The molecule has 0 heterocycles. The first-order chi connectivity index (χ1) is 12.2. The Morgan fingerprint density at radius 3 is 2.42 bits per heavy atom. The molecule has 7 nitrogen and oxygen atoms in total. The van der Waals surface area contributed by atoms with Crippen molar-refractivity contribution in [3.8, 4) is 17.2 Å². The van der Waals surface area contributed by atoms with E-state index in [1.165, 1.54) is 18.2 Å². The van der Waals surface area contributed by atoms with Crippen molar-refractivity contribution in [3.05, 3.63) is 44.8 Å². The van der Waals surface area contributed by atoms with Gasteiger partial charge in [0.25, 0.3) is 11.3 Å². The summed E-state index contributed by atoms with van der Waals surface area (Å²) in [5, 5.41) is 10.5. The molecular formula is C15H12BrCl2NO6S. The first kappa shape index (κ1) is 20.8. The number of ether oxygens (including phenoxy) is 2. The highest BCUT2D eigenvalue weighted by atomic mass is 79.9. The van der Waals surface area contributed by atoms with E-state index >= 15 is 0 Å². The number of aromatic hydroxyl groups is 1. The highest BCUT2D eigenvalue weighted by Gasteiger charge is 2.21. The smallest absolute Gasteiger partial charge is 0.326 e. The third kappa shape index (κ3) is 5.01. The van der Waals surface area contributed by atoms with E-state index < -0.39 is 23.8 Å². The monoisotopic (exact) mass is 483 g/mol. The summed E-state index contributed by atoms with van der Waals surface area (Å²) in [5.74, 6) is -0.768. The Bertz CT molecular complexity index is 843. The zero-order valence-electron chi connectivity index (χ0n) is 13.1. The fraction of sp³-hybridized carbons (Fsp3) is 0.133. The van der Waals surface area contributed by atoms with Crippen LogP contribution < -0.4 is 9.04 Å². The van der Waals surface area contributed by atoms with Crippen molar-refractivity contribution in [2.45, 2.75) is 0 Å². The minimum absolute atomic E-state index is 0.113. The second kappa shape index (κ2) is 8.92. The summed E-state index contributed by atoms with van der Waals surface area (Å²) in [6.45, 7) is -0.559.